The average molecular weight is 340 g/mol. The molecule has 2 aromatic rings. The van der Waals surface area contributed by atoms with E-state index in [-0.39, 0.29) is 11.8 Å². The Balaban J connectivity index is 1.47. The van der Waals surface area contributed by atoms with Crippen LogP contribution in [0.1, 0.15) is 25.3 Å². The Morgan fingerprint density at radius 2 is 2.08 bits per heavy atom. The molecule has 0 unspecified atom stereocenters. The first kappa shape index (κ1) is 17.1. The van der Waals surface area contributed by atoms with Crippen molar-refractivity contribution in [1.29, 1.82) is 0 Å². The van der Waals surface area contributed by atoms with Crippen LogP contribution in [-0.4, -0.2) is 40.7 Å². The molecule has 0 radical (unpaired) electrons. The standard InChI is InChI=1S/C18H24N6O/c1-2-20-16-5-6-17(23-22-16)24-10-7-15(8-11-24)18(25)21-13-14-4-3-9-19-12-14/h3-6,9,12,15H,2,7-8,10-11,13H2,1H3,(H,20,22)(H,21,25). The molecule has 2 aromatic heterocycles. The predicted molar refractivity (Wildman–Crippen MR) is 97.2 cm³/mol. The quantitative estimate of drug-likeness (QED) is 0.835. The Bertz CT molecular complexity index is 668. The molecule has 7 heteroatoms. The van der Waals surface area contributed by atoms with Crippen molar-refractivity contribution in [3.63, 3.8) is 0 Å². The lowest BCUT2D eigenvalue weighted by Gasteiger charge is -2.31. The molecule has 7 nitrogen and oxygen atoms in total. The van der Waals surface area contributed by atoms with Crippen molar-refractivity contribution >= 4 is 17.5 Å². The van der Waals surface area contributed by atoms with Gasteiger partial charge in [0.15, 0.2) is 5.82 Å². The zero-order chi connectivity index (χ0) is 17.5. The molecule has 0 saturated carbocycles. The number of hydrogen-bond donors (Lipinski definition) is 2. The monoisotopic (exact) mass is 340 g/mol. The summed E-state index contributed by atoms with van der Waals surface area (Å²) in [6.07, 6.45) is 5.17. The van der Waals surface area contributed by atoms with Crippen LogP contribution in [0.3, 0.4) is 0 Å². The number of hydrogen-bond acceptors (Lipinski definition) is 6. The molecule has 25 heavy (non-hydrogen) atoms. The van der Waals surface area contributed by atoms with Gasteiger partial charge in [-0.2, -0.15) is 0 Å². The van der Waals surface area contributed by atoms with Gasteiger partial charge in [-0.15, -0.1) is 10.2 Å². The van der Waals surface area contributed by atoms with E-state index in [1.54, 1.807) is 12.4 Å². The molecule has 1 aliphatic heterocycles. The van der Waals surface area contributed by atoms with Crippen molar-refractivity contribution in [2.24, 2.45) is 5.92 Å². The van der Waals surface area contributed by atoms with E-state index in [2.05, 4.69) is 30.7 Å². The summed E-state index contributed by atoms with van der Waals surface area (Å²) in [5.74, 6) is 1.84. The fourth-order valence-corrected chi connectivity index (χ4v) is 2.98. The predicted octanol–water partition coefficient (Wildman–Crippen LogP) is 1.84. The van der Waals surface area contributed by atoms with Gasteiger partial charge in [0.2, 0.25) is 5.91 Å². The van der Waals surface area contributed by atoms with Crippen molar-refractivity contribution in [2.45, 2.75) is 26.3 Å². The minimum Gasteiger partial charge on any atom is -0.369 e. The normalized spacial score (nSPS) is 15.0. The van der Waals surface area contributed by atoms with Crippen LogP contribution in [0.15, 0.2) is 36.7 Å². The van der Waals surface area contributed by atoms with Crippen LogP contribution in [0.5, 0.6) is 0 Å². The van der Waals surface area contributed by atoms with Gasteiger partial charge in [-0.05, 0) is 43.5 Å². The number of pyridine rings is 1. The lowest BCUT2D eigenvalue weighted by Crippen LogP contribution is -2.40. The molecule has 0 aromatic carbocycles. The van der Waals surface area contributed by atoms with E-state index >= 15 is 0 Å². The molecule has 1 amide bonds. The SMILES string of the molecule is CCNc1ccc(N2CCC(C(=O)NCc3cccnc3)CC2)nn1. The van der Waals surface area contributed by atoms with Crippen LogP contribution in [0, 0.1) is 5.92 Å². The van der Waals surface area contributed by atoms with E-state index in [4.69, 9.17) is 0 Å². The number of nitrogens with zero attached hydrogens (tertiary/aromatic N) is 4. The van der Waals surface area contributed by atoms with Gasteiger partial charge in [-0.3, -0.25) is 9.78 Å². The second-order valence-electron chi connectivity index (χ2n) is 6.15. The summed E-state index contributed by atoms with van der Waals surface area (Å²) in [5, 5.41) is 14.6. The first-order valence-electron chi connectivity index (χ1n) is 8.75. The highest BCUT2D eigenvalue weighted by Gasteiger charge is 2.25. The molecule has 1 aliphatic rings. The number of rotatable bonds is 6. The van der Waals surface area contributed by atoms with E-state index < -0.39 is 0 Å². The largest absolute Gasteiger partial charge is 0.369 e. The summed E-state index contributed by atoms with van der Waals surface area (Å²) in [4.78, 5) is 18.6. The third kappa shape index (κ3) is 4.65. The van der Waals surface area contributed by atoms with Crippen LogP contribution < -0.4 is 15.5 Å². The van der Waals surface area contributed by atoms with Gasteiger partial charge in [0, 0.05) is 44.5 Å². The molecule has 132 valence electrons. The van der Waals surface area contributed by atoms with E-state index in [0.29, 0.717) is 6.54 Å². The lowest BCUT2D eigenvalue weighted by atomic mass is 9.96. The minimum atomic E-state index is 0.0573. The summed E-state index contributed by atoms with van der Waals surface area (Å²) in [6, 6.07) is 7.76. The molecular weight excluding hydrogens is 316 g/mol. The van der Waals surface area contributed by atoms with Crippen molar-refractivity contribution in [1.82, 2.24) is 20.5 Å². The van der Waals surface area contributed by atoms with E-state index in [9.17, 15) is 4.79 Å². The van der Waals surface area contributed by atoms with Gasteiger partial charge in [0.1, 0.15) is 5.82 Å². The maximum atomic E-state index is 12.3. The summed E-state index contributed by atoms with van der Waals surface area (Å²) in [7, 11) is 0. The fraction of sp³-hybridized carbons (Fsp3) is 0.444. The van der Waals surface area contributed by atoms with Gasteiger partial charge < -0.3 is 15.5 Å². The summed E-state index contributed by atoms with van der Waals surface area (Å²) >= 11 is 0. The number of aromatic nitrogens is 3. The zero-order valence-electron chi connectivity index (χ0n) is 14.5. The molecule has 0 spiro atoms. The van der Waals surface area contributed by atoms with Crippen molar-refractivity contribution in [2.75, 3.05) is 29.9 Å². The highest BCUT2D eigenvalue weighted by Crippen LogP contribution is 2.22. The van der Waals surface area contributed by atoms with E-state index in [1.807, 2.05) is 31.2 Å². The molecule has 0 aliphatic carbocycles. The van der Waals surface area contributed by atoms with Gasteiger partial charge in [0.25, 0.3) is 0 Å². The molecule has 3 rings (SSSR count). The molecular formula is C18H24N6O. The van der Waals surface area contributed by atoms with Crippen molar-refractivity contribution in [3.05, 3.63) is 42.2 Å². The van der Waals surface area contributed by atoms with Crippen molar-refractivity contribution in [3.8, 4) is 0 Å². The van der Waals surface area contributed by atoms with Crippen LogP contribution in [-0.2, 0) is 11.3 Å². The number of amides is 1. The van der Waals surface area contributed by atoms with Crippen molar-refractivity contribution < 1.29 is 4.79 Å². The maximum absolute atomic E-state index is 12.3. The highest BCUT2D eigenvalue weighted by molar-refractivity contribution is 5.78. The molecule has 0 bridgehead atoms. The van der Waals surface area contributed by atoms with Gasteiger partial charge in [-0.1, -0.05) is 6.07 Å². The topological polar surface area (TPSA) is 83.0 Å². The summed E-state index contributed by atoms with van der Waals surface area (Å²) in [5.41, 5.74) is 1.02. The number of piperidine rings is 1. The summed E-state index contributed by atoms with van der Waals surface area (Å²) < 4.78 is 0. The summed E-state index contributed by atoms with van der Waals surface area (Å²) in [6.45, 7) is 5.03. The van der Waals surface area contributed by atoms with Crippen LogP contribution >= 0.6 is 0 Å². The van der Waals surface area contributed by atoms with Crippen LogP contribution in [0.2, 0.25) is 0 Å². The molecule has 3 heterocycles. The maximum Gasteiger partial charge on any atom is 0.223 e. The Morgan fingerprint density at radius 1 is 1.24 bits per heavy atom. The molecule has 2 N–H and O–H groups in total. The number of carbonyl (C=O) groups excluding carboxylic acids is 1. The van der Waals surface area contributed by atoms with E-state index in [0.717, 1.165) is 49.7 Å². The second kappa shape index (κ2) is 8.41. The highest BCUT2D eigenvalue weighted by atomic mass is 16.1. The van der Waals surface area contributed by atoms with Crippen LogP contribution in [0.25, 0.3) is 0 Å². The Labute approximate surface area is 147 Å². The first-order chi connectivity index (χ1) is 12.3. The van der Waals surface area contributed by atoms with Crippen LogP contribution in [0.4, 0.5) is 11.6 Å². The third-order valence-electron chi connectivity index (χ3n) is 4.39. The van der Waals surface area contributed by atoms with E-state index in [1.165, 1.54) is 0 Å². The Morgan fingerprint density at radius 3 is 2.72 bits per heavy atom. The average Bonchev–Trinajstić information content (AvgIpc) is 2.68. The number of nitrogens with one attached hydrogen (secondary N) is 2. The molecule has 1 fully saturated rings. The number of anilines is 2. The lowest BCUT2D eigenvalue weighted by molar-refractivity contribution is -0.125. The smallest absolute Gasteiger partial charge is 0.223 e. The minimum absolute atomic E-state index is 0.0573. The van der Waals surface area contributed by atoms with Gasteiger partial charge >= 0.3 is 0 Å². The second-order valence-corrected chi connectivity index (χ2v) is 6.15. The molecule has 1 saturated heterocycles. The fourth-order valence-electron chi connectivity index (χ4n) is 2.98. The molecule has 0 atom stereocenters. The Kier molecular flexibility index (Phi) is 5.77. The van der Waals surface area contributed by atoms with Gasteiger partial charge in [-0.25, -0.2) is 0 Å². The zero-order valence-corrected chi connectivity index (χ0v) is 14.5. The van der Waals surface area contributed by atoms with Gasteiger partial charge in [0.05, 0.1) is 0 Å². The number of carbonyl (C=O) groups is 1. The first-order valence-corrected chi connectivity index (χ1v) is 8.75. The third-order valence-corrected chi connectivity index (χ3v) is 4.39. The Hall–Kier alpha value is -2.70.